The summed E-state index contributed by atoms with van der Waals surface area (Å²) < 4.78 is 150. The molecule has 0 bridgehead atoms. The number of anilines is 1. The summed E-state index contributed by atoms with van der Waals surface area (Å²) in [6.45, 7) is -2.85. The van der Waals surface area contributed by atoms with E-state index < -0.39 is 70.5 Å². The van der Waals surface area contributed by atoms with Crippen LogP contribution in [0.1, 0.15) is 15.9 Å². The molecule has 43 heavy (non-hydrogen) atoms. The van der Waals surface area contributed by atoms with Crippen molar-refractivity contribution in [2.75, 3.05) is 11.9 Å². The van der Waals surface area contributed by atoms with Crippen molar-refractivity contribution in [1.29, 1.82) is 0 Å². The number of benzene rings is 3. The van der Waals surface area contributed by atoms with Gasteiger partial charge in [-0.3, -0.25) is 14.9 Å². The van der Waals surface area contributed by atoms with Crippen LogP contribution >= 0.6 is 11.8 Å². The second kappa shape index (κ2) is 12.3. The Labute approximate surface area is 238 Å². The molecule has 3 rings (SSSR count). The minimum Gasteiger partial charge on any atom is -0.486 e. The van der Waals surface area contributed by atoms with Crippen molar-refractivity contribution >= 4 is 29.0 Å². The second-order valence-electron chi connectivity index (χ2n) is 8.51. The van der Waals surface area contributed by atoms with Gasteiger partial charge in [-0.25, -0.2) is 8.78 Å². The molecule has 0 saturated carbocycles. The smallest absolute Gasteiger partial charge is 0.420 e. The first-order valence-electron chi connectivity index (χ1n) is 11.4. The third kappa shape index (κ3) is 7.29. The molecule has 0 atom stereocenters. The van der Waals surface area contributed by atoms with Gasteiger partial charge in [0.05, 0.1) is 15.4 Å². The Bertz CT molecular complexity index is 1490. The molecule has 3 aromatic carbocycles. The molecule has 0 aliphatic heterocycles. The van der Waals surface area contributed by atoms with Gasteiger partial charge in [-0.1, -0.05) is 30.0 Å². The first-order valence-corrected chi connectivity index (χ1v) is 12.2. The van der Waals surface area contributed by atoms with Gasteiger partial charge < -0.3 is 10.1 Å². The molecule has 0 spiro atoms. The van der Waals surface area contributed by atoms with Crippen LogP contribution in [0.15, 0.2) is 76.5 Å². The fourth-order valence-corrected chi connectivity index (χ4v) is 4.22. The maximum absolute atomic E-state index is 13.8. The lowest BCUT2D eigenvalue weighted by atomic mass is 10.1. The maximum atomic E-state index is 13.8. The summed E-state index contributed by atoms with van der Waals surface area (Å²) in [6, 6.07) is 12.6. The van der Waals surface area contributed by atoms with Gasteiger partial charge in [0, 0.05) is 22.2 Å². The van der Waals surface area contributed by atoms with E-state index in [1.165, 1.54) is 6.07 Å². The highest BCUT2D eigenvalue weighted by atomic mass is 32.2. The molecule has 0 heterocycles. The van der Waals surface area contributed by atoms with Gasteiger partial charge in [0.1, 0.15) is 5.75 Å². The molecule has 0 saturated heterocycles. The first kappa shape index (κ1) is 33.4. The average Bonchev–Trinajstić information content (AvgIpc) is 2.92. The zero-order chi connectivity index (χ0) is 32.4. The summed E-state index contributed by atoms with van der Waals surface area (Å²) in [5, 5.41) is 13.6. The predicted octanol–water partition coefficient (Wildman–Crippen LogP) is 8.57. The Morgan fingerprint density at radius 2 is 1.53 bits per heavy atom. The Morgan fingerprint density at radius 3 is 2.09 bits per heavy atom. The number of nitrogens with zero attached hydrogens (tertiary/aromatic N) is 1. The van der Waals surface area contributed by atoms with E-state index in [1.807, 2.05) is 5.32 Å². The third-order valence-electron chi connectivity index (χ3n) is 5.49. The number of carbonyl (C=O) groups excluding carboxylic acids is 1. The summed E-state index contributed by atoms with van der Waals surface area (Å²) >= 11 is 0.992. The van der Waals surface area contributed by atoms with Gasteiger partial charge in [-0.05, 0) is 42.5 Å². The number of halogens is 11. The number of nitrogens with one attached hydrogen (secondary N) is 1. The Hall–Kier alpha value is -4.09. The fourth-order valence-electron chi connectivity index (χ4n) is 3.30. The van der Waals surface area contributed by atoms with E-state index in [2.05, 4.69) is 4.74 Å². The zero-order valence-electron chi connectivity index (χ0n) is 20.8. The number of ether oxygens (including phenoxy) is 1. The van der Waals surface area contributed by atoms with E-state index in [4.69, 9.17) is 0 Å². The zero-order valence-corrected chi connectivity index (χ0v) is 21.6. The van der Waals surface area contributed by atoms with Crippen LogP contribution < -0.4 is 10.1 Å². The Balaban J connectivity index is 1.84. The van der Waals surface area contributed by atoms with Gasteiger partial charge in [0.25, 0.3) is 11.6 Å². The number of rotatable bonds is 11. The quantitative estimate of drug-likeness (QED) is 0.128. The van der Waals surface area contributed by atoms with Gasteiger partial charge in [-0.15, -0.1) is 0 Å². The molecule has 0 unspecified atom stereocenters. The van der Waals surface area contributed by atoms with E-state index in [0.29, 0.717) is 11.0 Å². The van der Waals surface area contributed by atoms with Gasteiger partial charge >= 0.3 is 30.4 Å². The van der Waals surface area contributed by atoms with E-state index >= 15 is 0 Å². The van der Waals surface area contributed by atoms with Crippen molar-refractivity contribution < 1.29 is 62.7 Å². The fraction of sp³-hybridized carbons (Fsp3) is 0.240. The average molecular weight is 648 g/mol. The van der Waals surface area contributed by atoms with Crippen LogP contribution in [0.3, 0.4) is 0 Å². The molecule has 3 aromatic rings. The van der Waals surface area contributed by atoms with Gasteiger partial charge in [0.15, 0.2) is 6.61 Å². The first-order chi connectivity index (χ1) is 19.8. The van der Waals surface area contributed by atoms with Crippen molar-refractivity contribution in [3.8, 4) is 5.75 Å². The van der Waals surface area contributed by atoms with Crippen LogP contribution in [0.5, 0.6) is 5.75 Å². The number of nitro benzene ring substituents is 1. The van der Waals surface area contributed by atoms with Crippen molar-refractivity contribution in [2.45, 2.75) is 40.2 Å². The van der Waals surface area contributed by atoms with Crippen LogP contribution in [-0.4, -0.2) is 41.6 Å². The molecule has 1 amide bonds. The molecule has 232 valence electrons. The molecule has 0 aromatic heterocycles. The van der Waals surface area contributed by atoms with E-state index in [1.54, 1.807) is 30.3 Å². The number of carbonyl (C=O) groups is 1. The minimum atomic E-state index is -6.71. The molecular weight excluding hydrogens is 633 g/mol. The lowest BCUT2D eigenvalue weighted by Crippen LogP contribution is -2.59. The monoisotopic (exact) mass is 648 g/mol. The molecule has 1 N–H and O–H groups in total. The maximum Gasteiger partial charge on any atom is 0.420 e. The number of hydrogen-bond acceptors (Lipinski definition) is 5. The van der Waals surface area contributed by atoms with Crippen LogP contribution in [-0.2, 0) is 6.18 Å². The van der Waals surface area contributed by atoms with E-state index in [-0.39, 0.29) is 22.6 Å². The van der Waals surface area contributed by atoms with E-state index in [0.717, 1.165) is 23.9 Å². The third-order valence-corrected chi connectivity index (χ3v) is 6.57. The van der Waals surface area contributed by atoms with Crippen molar-refractivity contribution in [2.24, 2.45) is 0 Å². The summed E-state index contributed by atoms with van der Waals surface area (Å²) in [5.41, 5.74) is -3.50. The predicted molar refractivity (Wildman–Crippen MR) is 129 cm³/mol. The normalized spacial score (nSPS) is 12.7. The van der Waals surface area contributed by atoms with Crippen molar-refractivity contribution in [3.63, 3.8) is 0 Å². The van der Waals surface area contributed by atoms with Crippen LogP contribution in [0.25, 0.3) is 0 Å². The molecule has 0 aliphatic rings. The van der Waals surface area contributed by atoms with Gasteiger partial charge in [0.2, 0.25) is 0 Å². The molecule has 18 heteroatoms. The van der Waals surface area contributed by atoms with E-state index in [9.17, 15) is 63.2 Å². The molecule has 0 radical (unpaired) electrons. The van der Waals surface area contributed by atoms with Crippen LogP contribution in [0.4, 0.5) is 59.7 Å². The summed E-state index contributed by atoms with van der Waals surface area (Å²) in [4.78, 5) is 24.2. The molecule has 0 fully saturated rings. The minimum absolute atomic E-state index is 0.116. The number of amides is 1. The highest BCUT2D eigenvalue weighted by molar-refractivity contribution is 7.99. The standard InChI is InChI=1S/C25H15F11N2O4S/c26-21(27)23(30,31)25(35,36)22(28,29)12-42-18-8-7-14(11-16(18)24(32,33)34)37-20(39)13-6-9-19(17(10-13)38(40)41)43-15-4-2-1-3-5-15/h1-11,21H,12H2,(H,37,39). The lowest BCUT2D eigenvalue weighted by molar-refractivity contribution is -0.387. The Morgan fingerprint density at radius 1 is 0.907 bits per heavy atom. The Kier molecular flexibility index (Phi) is 9.52. The summed E-state index contributed by atoms with van der Waals surface area (Å²) in [7, 11) is 0. The van der Waals surface area contributed by atoms with Crippen molar-refractivity contribution in [1.82, 2.24) is 0 Å². The lowest BCUT2D eigenvalue weighted by Gasteiger charge is -2.32. The number of alkyl halides is 11. The molecular formula is C25H15F11N2O4S. The topological polar surface area (TPSA) is 81.5 Å². The van der Waals surface area contributed by atoms with Crippen LogP contribution in [0, 0.1) is 10.1 Å². The van der Waals surface area contributed by atoms with Gasteiger partial charge in [-0.2, -0.15) is 39.5 Å². The highest BCUT2D eigenvalue weighted by Gasteiger charge is 2.75. The SMILES string of the molecule is O=C(Nc1ccc(OCC(F)(F)C(F)(F)C(F)(F)C(F)F)c(C(F)(F)F)c1)c1ccc(Sc2ccccc2)c([N+](=O)[O-])c1. The highest BCUT2D eigenvalue weighted by Crippen LogP contribution is 2.49. The molecule has 6 nitrogen and oxygen atoms in total. The summed E-state index contributed by atoms with van der Waals surface area (Å²) in [5.74, 6) is -22.0. The second-order valence-corrected chi connectivity index (χ2v) is 9.62. The largest absolute Gasteiger partial charge is 0.486 e. The number of nitro groups is 1. The number of hydrogen-bond donors (Lipinski definition) is 1. The molecule has 0 aliphatic carbocycles. The summed E-state index contributed by atoms with van der Waals surface area (Å²) in [6.07, 6.45) is -10.7. The van der Waals surface area contributed by atoms with Crippen LogP contribution in [0.2, 0.25) is 0 Å². The van der Waals surface area contributed by atoms with Crippen molar-refractivity contribution in [3.05, 3.63) is 88.0 Å².